The molecule has 2 amide bonds. The van der Waals surface area contributed by atoms with Crippen LogP contribution in [0.4, 0.5) is 0 Å². The molecule has 3 saturated carbocycles. The quantitative estimate of drug-likeness (QED) is 0.720. The zero-order valence-corrected chi connectivity index (χ0v) is 15.3. The first-order valence-electron chi connectivity index (χ1n) is 9.46. The third-order valence-corrected chi connectivity index (χ3v) is 6.10. The lowest BCUT2D eigenvalue weighted by molar-refractivity contribution is -0.130. The molecule has 0 aliphatic heterocycles. The SMILES string of the molecule is Cl.NC1CC2CCCC(C1)C2NC(=O)CNC(=O)C1CCCCC1. The lowest BCUT2D eigenvalue weighted by Gasteiger charge is -2.45. The second-order valence-corrected chi connectivity index (χ2v) is 7.83. The Labute approximate surface area is 151 Å². The normalized spacial score (nSPS) is 33.2. The Balaban J connectivity index is 0.00000208. The van der Waals surface area contributed by atoms with Crippen LogP contribution >= 0.6 is 12.4 Å². The van der Waals surface area contributed by atoms with Crippen LogP contribution in [0.25, 0.3) is 0 Å². The van der Waals surface area contributed by atoms with Crippen molar-refractivity contribution in [2.45, 2.75) is 76.3 Å². The highest BCUT2D eigenvalue weighted by atomic mass is 35.5. The van der Waals surface area contributed by atoms with Gasteiger partial charge in [-0.3, -0.25) is 9.59 Å². The number of amides is 2. The fourth-order valence-electron chi connectivity index (χ4n) is 4.94. The predicted molar refractivity (Wildman–Crippen MR) is 96.8 cm³/mol. The van der Waals surface area contributed by atoms with Crippen LogP contribution in [-0.2, 0) is 9.59 Å². The summed E-state index contributed by atoms with van der Waals surface area (Å²) in [6, 6.07) is 0.562. The molecule has 6 heteroatoms. The van der Waals surface area contributed by atoms with E-state index in [1.165, 1.54) is 25.7 Å². The first kappa shape index (κ1) is 19.5. The van der Waals surface area contributed by atoms with Crippen molar-refractivity contribution < 1.29 is 9.59 Å². The fourth-order valence-corrected chi connectivity index (χ4v) is 4.94. The summed E-state index contributed by atoms with van der Waals surface area (Å²) >= 11 is 0. The molecule has 0 aromatic carbocycles. The van der Waals surface area contributed by atoms with Gasteiger partial charge in [0.05, 0.1) is 6.54 Å². The molecule has 4 N–H and O–H groups in total. The van der Waals surface area contributed by atoms with Gasteiger partial charge in [0.25, 0.3) is 0 Å². The number of carbonyl (C=O) groups excluding carboxylic acids is 2. The van der Waals surface area contributed by atoms with Gasteiger partial charge in [-0.2, -0.15) is 0 Å². The van der Waals surface area contributed by atoms with Crippen LogP contribution in [0.5, 0.6) is 0 Å². The van der Waals surface area contributed by atoms with Crippen LogP contribution in [0.3, 0.4) is 0 Å². The average molecular weight is 358 g/mol. The first-order chi connectivity index (χ1) is 11.1. The highest BCUT2D eigenvalue weighted by Gasteiger charge is 2.39. The van der Waals surface area contributed by atoms with Gasteiger partial charge in [-0.1, -0.05) is 25.7 Å². The maximum atomic E-state index is 12.3. The molecule has 5 nitrogen and oxygen atoms in total. The van der Waals surface area contributed by atoms with Crippen molar-refractivity contribution >= 4 is 24.2 Å². The van der Waals surface area contributed by atoms with E-state index in [0.717, 1.165) is 38.5 Å². The smallest absolute Gasteiger partial charge is 0.239 e. The van der Waals surface area contributed by atoms with Crippen molar-refractivity contribution in [3.8, 4) is 0 Å². The average Bonchev–Trinajstić information content (AvgIpc) is 2.54. The van der Waals surface area contributed by atoms with E-state index < -0.39 is 0 Å². The Hall–Kier alpha value is -0.810. The van der Waals surface area contributed by atoms with Crippen molar-refractivity contribution in [2.24, 2.45) is 23.5 Å². The molecule has 0 heterocycles. The summed E-state index contributed by atoms with van der Waals surface area (Å²) in [7, 11) is 0. The Morgan fingerprint density at radius 2 is 1.54 bits per heavy atom. The second kappa shape index (κ2) is 9.04. The molecule has 0 aromatic heterocycles. The molecule has 0 radical (unpaired) electrons. The summed E-state index contributed by atoms with van der Waals surface area (Å²) in [5.41, 5.74) is 6.13. The number of hydrogen-bond donors (Lipinski definition) is 3. The minimum Gasteiger partial charge on any atom is -0.351 e. The highest BCUT2D eigenvalue weighted by Crippen LogP contribution is 2.39. The van der Waals surface area contributed by atoms with E-state index in [4.69, 9.17) is 5.73 Å². The number of nitrogens with one attached hydrogen (secondary N) is 2. The van der Waals surface area contributed by atoms with Gasteiger partial charge in [0.15, 0.2) is 0 Å². The van der Waals surface area contributed by atoms with E-state index in [-0.39, 0.29) is 42.7 Å². The maximum absolute atomic E-state index is 12.3. The third kappa shape index (κ3) is 4.85. The number of fused-ring (bicyclic) bond motifs is 2. The molecule has 0 spiro atoms. The van der Waals surface area contributed by atoms with Crippen LogP contribution in [0.15, 0.2) is 0 Å². The molecule has 3 aliphatic rings. The van der Waals surface area contributed by atoms with Gasteiger partial charge in [-0.05, 0) is 50.4 Å². The van der Waals surface area contributed by atoms with Gasteiger partial charge in [-0.25, -0.2) is 0 Å². The monoisotopic (exact) mass is 357 g/mol. The van der Waals surface area contributed by atoms with Crippen LogP contribution < -0.4 is 16.4 Å². The van der Waals surface area contributed by atoms with E-state index in [0.29, 0.717) is 17.9 Å². The Bertz CT molecular complexity index is 426. The summed E-state index contributed by atoms with van der Waals surface area (Å²) < 4.78 is 0. The van der Waals surface area contributed by atoms with Crippen LogP contribution in [-0.4, -0.2) is 30.4 Å². The predicted octanol–water partition coefficient (Wildman–Crippen LogP) is 2.13. The molecular formula is C18H32ClN3O2. The Morgan fingerprint density at radius 1 is 0.917 bits per heavy atom. The molecule has 138 valence electrons. The summed E-state index contributed by atoms with van der Waals surface area (Å²) in [5.74, 6) is 1.19. The zero-order valence-electron chi connectivity index (χ0n) is 14.5. The van der Waals surface area contributed by atoms with Gasteiger partial charge >= 0.3 is 0 Å². The minimum atomic E-state index is -0.0356. The Morgan fingerprint density at radius 3 is 2.17 bits per heavy atom. The molecule has 3 rings (SSSR count). The lowest BCUT2D eigenvalue weighted by atomic mass is 9.67. The van der Waals surface area contributed by atoms with E-state index in [1.54, 1.807) is 0 Å². The standard InChI is InChI=1S/C18H31N3O2.ClH/c19-15-9-13-7-4-8-14(10-15)17(13)21-16(22)11-20-18(23)12-5-2-1-3-6-12;/h12-15,17H,1-11,19H2,(H,20,23)(H,21,22);1H. The van der Waals surface area contributed by atoms with Crippen molar-refractivity contribution in [3.63, 3.8) is 0 Å². The fraction of sp³-hybridized carbons (Fsp3) is 0.889. The van der Waals surface area contributed by atoms with Gasteiger partial charge in [0.1, 0.15) is 0 Å². The van der Waals surface area contributed by atoms with Gasteiger partial charge in [-0.15, -0.1) is 12.4 Å². The summed E-state index contributed by atoms with van der Waals surface area (Å²) in [4.78, 5) is 24.4. The molecule has 2 unspecified atom stereocenters. The maximum Gasteiger partial charge on any atom is 0.239 e. The number of hydrogen-bond acceptors (Lipinski definition) is 3. The van der Waals surface area contributed by atoms with Crippen molar-refractivity contribution in [1.82, 2.24) is 10.6 Å². The van der Waals surface area contributed by atoms with Crippen LogP contribution in [0.1, 0.15) is 64.2 Å². The van der Waals surface area contributed by atoms with Crippen molar-refractivity contribution in [2.75, 3.05) is 6.54 Å². The molecule has 0 saturated heterocycles. The second-order valence-electron chi connectivity index (χ2n) is 7.83. The summed E-state index contributed by atoms with van der Waals surface area (Å²) in [6.45, 7) is 0.122. The molecule has 2 atom stereocenters. The van der Waals surface area contributed by atoms with Gasteiger partial charge in [0.2, 0.25) is 11.8 Å². The first-order valence-corrected chi connectivity index (χ1v) is 9.46. The largest absolute Gasteiger partial charge is 0.351 e. The van der Waals surface area contributed by atoms with E-state index in [1.807, 2.05) is 0 Å². The molecule has 24 heavy (non-hydrogen) atoms. The minimum absolute atomic E-state index is 0. The number of halogens is 1. The van der Waals surface area contributed by atoms with E-state index >= 15 is 0 Å². The highest BCUT2D eigenvalue weighted by molar-refractivity contribution is 5.86. The third-order valence-electron chi connectivity index (χ3n) is 6.10. The molecular weight excluding hydrogens is 326 g/mol. The lowest BCUT2D eigenvalue weighted by Crippen LogP contribution is -2.55. The zero-order chi connectivity index (χ0) is 16.2. The number of carbonyl (C=O) groups is 2. The molecule has 2 bridgehead atoms. The number of nitrogens with two attached hydrogens (primary N) is 1. The number of rotatable bonds is 4. The van der Waals surface area contributed by atoms with Crippen molar-refractivity contribution in [1.29, 1.82) is 0 Å². The van der Waals surface area contributed by atoms with Gasteiger partial charge < -0.3 is 16.4 Å². The summed E-state index contributed by atoms with van der Waals surface area (Å²) in [6.07, 6.45) is 11.1. The summed E-state index contributed by atoms with van der Waals surface area (Å²) in [5, 5.41) is 6.03. The Kier molecular flexibility index (Phi) is 7.35. The van der Waals surface area contributed by atoms with Gasteiger partial charge in [0, 0.05) is 18.0 Å². The van der Waals surface area contributed by atoms with E-state index in [9.17, 15) is 9.59 Å². The molecule has 3 aliphatic carbocycles. The topological polar surface area (TPSA) is 84.2 Å². The molecule has 3 fully saturated rings. The van der Waals surface area contributed by atoms with E-state index in [2.05, 4.69) is 10.6 Å². The van der Waals surface area contributed by atoms with Crippen molar-refractivity contribution in [3.05, 3.63) is 0 Å². The van der Waals surface area contributed by atoms with Crippen LogP contribution in [0.2, 0.25) is 0 Å². The molecule has 0 aromatic rings. The van der Waals surface area contributed by atoms with Crippen LogP contribution in [0, 0.1) is 17.8 Å².